The number of hydrogen-bond donors (Lipinski definition) is 1. The van der Waals surface area contributed by atoms with Gasteiger partial charge in [-0.1, -0.05) is 62.1 Å². The molecule has 3 aromatic carbocycles. The van der Waals surface area contributed by atoms with Gasteiger partial charge < -0.3 is 9.30 Å². The summed E-state index contributed by atoms with van der Waals surface area (Å²) < 4.78 is 8.29. The van der Waals surface area contributed by atoms with E-state index in [4.69, 9.17) is 4.74 Å². The predicted molar refractivity (Wildman–Crippen MR) is 128 cm³/mol. The minimum Gasteiger partial charge on any atom is -0.494 e. The van der Waals surface area contributed by atoms with Crippen molar-refractivity contribution < 1.29 is 4.74 Å². The summed E-state index contributed by atoms with van der Waals surface area (Å²) in [5.41, 5.74) is 3.64. The molecule has 0 N–H and O–H groups in total. The molecule has 29 heavy (non-hydrogen) atoms. The Hall–Kier alpha value is -2.39. The molecule has 0 atom stereocenters. The highest BCUT2D eigenvalue weighted by Gasteiger charge is 2.11. The number of rotatable bonds is 10. The quantitative estimate of drug-likeness (QED) is 0.215. The van der Waals surface area contributed by atoms with Crippen LogP contribution in [-0.2, 0) is 0 Å². The van der Waals surface area contributed by atoms with E-state index >= 15 is 0 Å². The summed E-state index contributed by atoms with van der Waals surface area (Å²) in [5, 5.41) is 2.58. The zero-order valence-electron chi connectivity index (χ0n) is 16.9. The molecule has 0 radical (unpaired) electrons. The average Bonchev–Trinajstić information content (AvgIpc) is 3.11. The molecule has 3 heteroatoms. The van der Waals surface area contributed by atoms with Crippen molar-refractivity contribution >= 4 is 34.4 Å². The van der Waals surface area contributed by atoms with Gasteiger partial charge in [0.2, 0.25) is 0 Å². The van der Waals surface area contributed by atoms with Crippen LogP contribution in [0.3, 0.4) is 0 Å². The monoisotopic (exact) mass is 403 g/mol. The van der Waals surface area contributed by atoms with E-state index in [9.17, 15) is 0 Å². The molecule has 1 aromatic heterocycles. The third kappa shape index (κ3) is 4.62. The minimum atomic E-state index is 0.793. The second-order valence-electron chi connectivity index (χ2n) is 7.56. The number of benzene rings is 3. The number of aromatic nitrogens is 1. The standard InChI is InChI=1S/C26H29NOS/c29-20-10-4-2-1-3-9-19-28-22-17-15-21(16-18-22)27-25-13-7-5-11-23(25)24-12-6-8-14-26(24)27/h5-8,11-18,29H,1-4,9-10,19-20H2. The number of nitrogens with zero attached hydrogens (tertiary/aromatic N) is 1. The molecule has 0 aliphatic carbocycles. The van der Waals surface area contributed by atoms with Crippen molar-refractivity contribution in [3.8, 4) is 11.4 Å². The van der Waals surface area contributed by atoms with Crippen LogP contribution >= 0.6 is 12.6 Å². The molecule has 0 aliphatic rings. The molecule has 0 fully saturated rings. The number of unbranched alkanes of at least 4 members (excludes halogenated alkanes) is 5. The van der Waals surface area contributed by atoms with E-state index in [1.807, 2.05) is 0 Å². The van der Waals surface area contributed by atoms with Crippen LogP contribution in [0.2, 0.25) is 0 Å². The Kier molecular flexibility index (Phi) is 6.79. The second kappa shape index (κ2) is 9.89. The lowest BCUT2D eigenvalue weighted by Gasteiger charge is -2.10. The van der Waals surface area contributed by atoms with Gasteiger partial charge in [0.1, 0.15) is 5.75 Å². The van der Waals surface area contributed by atoms with E-state index in [1.54, 1.807) is 0 Å². The van der Waals surface area contributed by atoms with Crippen molar-refractivity contribution in [1.82, 2.24) is 4.57 Å². The number of para-hydroxylation sites is 2. The molecule has 4 aromatic rings. The summed E-state index contributed by atoms with van der Waals surface area (Å²) in [5.74, 6) is 1.96. The van der Waals surface area contributed by atoms with Crippen LogP contribution in [-0.4, -0.2) is 16.9 Å². The molecule has 0 unspecified atom stereocenters. The number of hydrogen-bond acceptors (Lipinski definition) is 2. The summed E-state index contributed by atoms with van der Waals surface area (Å²) in [4.78, 5) is 0. The lowest BCUT2D eigenvalue weighted by molar-refractivity contribution is 0.304. The highest BCUT2D eigenvalue weighted by Crippen LogP contribution is 2.32. The Balaban J connectivity index is 1.42. The van der Waals surface area contributed by atoms with Gasteiger partial charge in [0.15, 0.2) is 0 Å². The fourth-order valence-corrected chi connectivity index (χ4v) is 4.23. The highest BCUT2D eigenvalue weighted by atomic mass is 32.1. The summed E-state index contributed by atoms with van der Waals surface area (Å²) in [6.07, 6.45) is 7.51. The van der Waals surface area contributed by atoms with E-state index in [2.05, 4.69) is 90.0 Å². The van der Waals surface area contributed by atoms with Crippen molar-refractivity contribution in [1.29, 1.82) is 0 Å². The smallest absolute Gasteiger partial charge is 0.119 e. The van der Waals surface area contributed by atoms with E-state index < -0.39 is 0 Å². The molecule has 0 aliphatic heterocycles. The van der Waals surface area contributed by atoms with Gasteiger partial charge in [-0.15, -0.1) is 0 Å². The Morgan fingerprint density at radius 1 is 0.621 bits per heavy atom. The Labute approximate surface area is 178 Å². The zero-order chi connectivity index (χ0) is 19.9. The van der Waals surface area contributed by atoms with Gasteiger partial charge in [0.25, 0.3) is 0 Å². The van der Waals surface area contributed by atoms with Gasteiger partial charge in [-0.2, -0.15) is 12.6 Å². The van der Waals surface area contributed by atoms with Crippen LogP contribution in [0.5, 0.6) is 5.75 Å². The molecule has 0 saturated carbocycles. The first-order valence-corrected chi connectivity index (χ1v) is 11.3. The third-order valence-corrected chi connectivity index (χ3v) is 5.81. The van der Waals surface area contributed by atoms with Crippen LogP contribution in [0, 0.1) is 0 Å². The maximum atomic E-state index is 5.96. The Bertz CT molecular complexity index is 998. The van der Waals surface area contributed by atoms with E-state index in [0.717, 1.165) is 24.5 Å². The summed E-state index contributed by atoms with van der Waals surface area (Å²) in [7, 11) is 0. The first kappa shape index (κ1) is 19.9. The fraction of sp³-hybridized carbons (Fsp3) is 0.308. The van der Waals surface area contributed by atoms with Gasteiger partial charge >= 0.3 is 0 Å². The van der Waals surface area contributed by atoms with Crippen LogP contribution in [0.25, 0.3) is 27.5 Å². The van der Waals surface area contributed by atoms with Crippen molar-refractivity contribution in [2.45, 2.75) is 38.5 Å². The predicted octanol–water partition coefficient (Wildman–Crippen LogP) is 7.43. The van der Waals surface area contributed by atoms with E-state index in [-0.39, 0.29) is 0 Å². The first-order valence-electron chi connectivity index (χ1n) is 10.7. The maximum Gasteiger partial charge on any atom is 0.119 e. The van der Waals surface area contributed by atoms with Gasteiger partial charge in [-0.05, 0) is 55.0 Å². The lowest BCUT2D eigenvalue weighted by Crippen LogP contribution is -1.98. The molecule has 1 heterocycles. The second-order valence-corrected chi connectivity index (χ2v) is 8.00. The number of fused-ring (bicyclic) bond motifs is 3. The van der Waals surface area contributed by atoms with Crippen LogP contribution in [0.1, 0.15) is 38.5 Å². The molecule has 2 nitrogen and oxygen atoms in total. The summed E-state index contributed by atoms with van der Waals surface area (Å²) in [6.45, 7) is 0.793. The van der Waals surface area contributed by atoms with Crippen LogP contribution < -0.4 is 4.74 Å². The van der Waals surface area contributed by atoms with Gasteiger partial charge in [-0.25, -0.2) is 0 Å². The SMILES string of the molecule is SCCCCCCCCOc1ccc(-n2c3ccccc3c3ccccc32)cc1. The molecule has 0 spiro atoms. The lowest BCUT2D eigenvalue weighted by atomic mass is 10.1. The van der Waals surface area contributed by atoms with Crippen molar-refractivity contribution in [3.63, 3.8) is 0 Å². The normalized spacial score (nSPS) is 11.3. The Morgan fingerprint density at radius 2 is 1.17 bits per heavy atom. The molecule has 0 saturated heterocycles. The maximum absolute atomic E-state index is 5.96. The number of ether oxygens (including phenoxy) is 1. The van der Waals surface area contributed by atoms with Crippen molar-refractivity contribution in [2.75, 3.05) is 12.4 Å². The molecular weight excluding hydrogens is 374 g/mol. The average molecular weight is 404 g/mol. The largest absolute Gasteiger partial charge is 0.494 e. The zero-order valence-corrected chi connectivity index (χ0v) is 17.8. The topological polar surface area (TPSA) is 14.2 Å². The molecule has 0 bridgehead atoms. The Morgan fingerprint density at radius 3 is 1.79 bits per heavy atom. The first-order chi connectivity index (χ1) is 14.4. The van der Waals surface area contributed by atoms with Gasteiger partial charge in [0.05, 0.1) is 17.6 Å². The van der Waals surface area contributed by atoms with Gasteiger partial charge in [-0.3, -0.25) is 0 Å². The minimum absolute atomic E-state index is 0.793. The van der Waals surface area contributed by atoms with Crippen molar-refractivity contribution in [2.24, 2.45) is 0 Å². The summed E-state index contributed by atoms with van der Waals surface area (Å²) in [6, 6.07) is 25.7. The molecule has 0 amide bonds. The molecule has 4 rings (SSSR count). The van der Waals surface area contributed by atoms with Crippen LogP contribution in [0.4, 0.5) is 0 Å². The highest BCUT2D eigenvalue weighted by molar-refractivity contribution is 7.80. The summed E-state index contributed by atoms with van der Waals surface area (Å²) >= 11 is 4.26. The molecule has 150 valence electrons. The number of thiol groups is 1. The van der Waals surface area contributed by atoms with Crippen LogP contribution in [0.15, 0.2) is 72.8 Å². The van der Waals surface area contributed by atoms with Gasteiger partial charge in [0, 0.05) is 16.5 Å². The molecular formula is C26H29NOS. The van der Waals surface area contributed by atoms with E-state index in [1.165, 1.54) is 59.6 Å². The third-order valence-electron chi connectivity index (χ3n) is 5.50. The van der Waals surface area contributed by atoms with Crippen molar-refractivity contribution in [3.05, 3.63) is 72.8 Å². The van der Waals surface area contributed by atoms with E-state index in [0.29, 0.717) is 0 Å². The fourth-order valence-electron chi connectivity index (χ4n) is 4.00.